The summed E-state index contributed by atoms with van der Waals surface area (Å²) in [6.45, 7) is 0.274. The molecule has 0 saturated heterocycles. The zero-order valence-corrected chi connectivity index (χ0v) is 12.5. The standard InChI is InChI=1S/C15H17FN2O2S/c1-18(10-9-12-5-3-2-4-6-12)21(19,20)15-8-7-13(17)11-14(15)16/h2-8,11H,9-10,17H2,1H3. The molecule has 0 amide bonds. The minimum atomic E-state index is -3.85. The fourth-order valence-electron chi connectivity index (χ4n) is 1.95. The molecule has 112 valence electrons. The molecule has 2 aromatic rings. The number of halogens is 1. The van der Waals surface area contributed by atoms with Crippen molar-refractivity contribution in [3.05, 3.63) is 59.9 Å². The van der Waals surface area contributed by atoms with Crippen molar-refractivity contribution in [3.8, 4) is 0 Å². The number of rotatable bonds is 5. The SMILES string of the molecule is CN(CCc1ccccc1)S(=O)(=O)c1ccc(N)cc1F. The lowest BCUT2D eigenvalue weighted by Crippen LogP contribution is -2.29. The van der Waals surface area contributed by atoms with E-state index in [1.54, 1.807) is 0 Å². The molecule has 4 nitrogen and oxygen atoms in total. The third-order valence-corrected chi connectivity index (χ3v) is 5.09. The lowest BCUT2D eigenvalue weighted by atomic mass is 10.2. The highest BCUT2D eigenvalue weighted by molar-refractivity contribution is 7.89. The summed E-state index contributed by atoms with van der Waals surface area (Å²) in [5.41, 5.74) is 6.65. The largest absolute Gasteiger partial charge is 0.399 e. The first kappa shape index (κ1) is 15.5. The van der Waals surface area contributed by atoms with Gasteiger partial charge in [-0.2, -0.15) is 0 Å². The Morgan fingerprint density at radius 2 is 1.81 bits per heavy atom. The Labute approximate surface area is 124 Å². The highest BCUT2D eigenvalue weighted by atomic mass is 32.2. The zero-order valence-electron chi connectivity index (χ0n) is 11.7. The smallest absolute Gasteiger partial charge is 0.245 e. The van der Waals surface area contributed by atoms with Gasteiger partial charge in [-0.05, 0) is 30.2 Å². The molecule has 21 heavy (non-hydrogen) atoms. The predicted octanol–water partition coefficient (Wildman–Crippen LogP) is 2.27. The van der Waals surface area contributed by atoms with E-state index >= 15 is 0 Å². The average Bonchev–Trinajstić information content (AvgIpc) is 2.45. The van der Waals surface area contributed by atoms with Crippen molar-refractivity contribution >= 4 is 15.7 Å². The summed E-state index contributed by atoms with van der Waals surface area (Å²) in [7, 11) is -2.42. The minimum Gasteiger partial charge on any atom is -0.399 e. The second-order valence-electron chi connectivity index (χ2n) is 4.75. The lowest BCUT2D eigenvalue weighted by Gasteiger charge is -2.17. The molecule has 0 saturated carbocycles. The van der Waals surface area contributed by atoms with Crippen LogP contribution >= 0.6 is 0 Å². The monoisotopic (exact) mass is 308 g/mol. The summed E-state index contributed by atoms with van der Waals surface area (Å²) in [6, 6.07) is 13.1. The molecule has 0 radical (unpaired) electrons. The van der Waals surface area contributed by atoms with Gasteiger partial charge in [-0.3, -0.25) is 0 Å². The van der Waals surface area contributed by atoms with Gasteiger partial charge in [-0.25, -0.2) is 17.1 Å². The Bertz CT molecular complexity index is 718. The summed E-state index contributed by atoms with van der Waals surface area (Å²) in [6.07, 6.45) is 0.563. The Balaban J connectivity index is 2.15. The quantitative estimate of drug-likeness (QED) is 0.862. The van der Waals surface area contributed by atoms with Crippen LogP contribution in [0.2, 0.25) is 0 Å². The third-order valence-electron chi connectivity index (χ3n) is 3.20. The normalized spacial score (nSPS) is 11.8. The van der Waals surface area contributed by atoms with E-state index in [2.05, 4.69) is 0 Å². The third kappa shape index (κ3) is 3.59. The van der Waals surface area contributed by atoms with Crippen LogP contribution in [0.25, 0.3) is 0 Å². The number of likely N-dealkylation sites (N-methyl/N-ethyl adjacent to an activating group) is 1. The minimum absolute atomic E-state index is 0.193. The van der Waals surface area contributed by atoms with Crippen LogP contribution in [0.1, 0.15) is 5.56 Å². The van der Waals surface area contributed by atoms with Gasteiger partial charge in [-0.1, -0.05) is 30.3 Å². The summed E-state index contributed by atoms with van der Waals surface area (Å²) in [5, 5.41) is 0. The van der Waals surface area contributed by atoms with Gasteiger partial charge in [0.05, 0.1) is 0 Å². The van der Waals surface area contributed by atoms with Crippen LogP contribution in [-0.2, 0) is 16.4 Å². The first-order valence-corrected chi connectivity index (χ1v) is 7.90. The van der Waals surface area contributed by atoms with Crippen LogP contribution in [0.5, 0.6) is 0 Å². The average molecular weight is 308 g/mol. The van der Waals surface area contributed by atoms with E-state index in [4.69, 9.17) is 5.73 Å². The van der Waals surface area contributed by atoms with Gasteiger partial charge in [0.2, 0.25) is 10.0 Å². The Morgan fingerprint density at radius 3 is 2.43 bits per heavy atom. The number of nitrogens with two attached hydrogens (primary N) is 1. The molecule has 0 aliphatic heterocycles. The Hall–Kier alpha value is -1.92. The predicted molar refractivity (Wildman–Crippen MR) is 80.8 cm³/mol. The zero-order chi connectivity index (χ0) is 15.5. The maximum atomic E-state index is 13.8. The van der Waals surface area contributed by atoms with E-state index in [0.29, 0.717) is 6.42 Å². The van der Waals surface area contributed by atoms with Gasteiger partial charge in [0.25, 0.3) is 0 Å². The number of sulfonamides is 1. The maximum absolute atomic E-state index is 13.8. The summed E-state index contributed by atoms with van der Waals surface area (Å²) >= 11 is 0. The van der Waals surface area contributed by atoms with Crippen LogP contribution in [-0.4, -0.2) is 26.3 Å². The molecule has 6 heteroatoms. The van der Waals surface area contributed by atoms with Gasteiger partial charge < -0.3 is 5.73 Å². The molecule has 0 bridgehead atoms. The highest BCUT2D eigenvalue weighted by Crippen LogP contribution is 2.20. The summed E-state index contributed by atoms with van der Waals surface area (Å²) in [4.78, 5) is -0.354. The number of benzene rings is 2. The second kappa shape index (κ2) is 6.24. The molecular weight excluding hydrogens is 291 g/mol. The van der Waals surface area contributed by atoms with Crippen molar-refractivity contribution < 1.29 is 12.8 Å². The first-order valence-electron chi connectivity index (χ1n) is 6.46. The van der Waals surface area contributed by atoms with Crippen LogP contribution in [0, 0.1) is 5.82 Å². The number of nitrogen functional groups attached to an aromatic ring is 1. The molecule has 0 aromatic heterocycles. The summed E-state index contributed by atoms with van der Waals surface area (Å²) < 4.78 is 39.6. The topological polar surface area (TPSA) is 63.4 Å². The van der Waals surface area contributed by atoms with E-state index < -0.39 is 15.8 Å². The number of hydrogen-bond acceptors (Lipinski definition) is 3. The van der Waals surface area contributed by atoms with Crippen LogP contribution in [0.15, 0.2) is 53.4 Å². The Kier molecular flexibility index (Phi) is 4.59. The van der Waals surface area contributed by atoms with Crippen LogP contribution < -0.4 is 5.73 Å². The van der Waals surface area contributed by atoms with Crippen molar-refractivity contribution in [3.63, 3.8) is 0 Å². The fraction of sp³-hybridized carbons (Fsp3) is 0.200. The van der Waals surface area contributed by atoms with Crippen LogP contribution in [0.3, 0.4) is 0 Å². The molecule has 0 aliphatic rings. The van der Waals surface area contributed by atoms with Gasteiger partial charge in [0.15, 0.2) is 0 Å². The van der Waals surface area contributed by atoms with Crippen molar-refractivity contribution in [1.82, 2.24) is 4.31 Å². The molecule has 0 atom stereocenters. The number of anilines is 1. The molecule has 2 N–H and O–H groups in total. The molecule has 0 spiro atoms. The number of nitrogens with zero attached hydrogens (tertiary/aromatic N) is 1. The second-order valence-corrected chi connectivity index (χ2v) is 6.77. The van der Waals surface area contributed by atoms with Crippen LogP contribution in [0.4, 0.5) is 10.1 Å². The van der Waals surface area contributed by atoms with Crippen molar-refractivity contribution in [2.45, 2.75) is 11.3 Å². The molecule has 2 aromatic carbocycles. The van der Waals surface area contributed by atoms with Gasteiger partial charge in [-0.15, -0.1) is 0 Å². The highest BCUT2D eigenvalue weighted by Gasteiger charge is 2.24. The molecule has 0 unspecified atom stereocenters. The maximum Gasteiger partial charge on any atom is 0.245 e. The van der Waals surface area contributed by atoms with Crippen molar-refractivity contribution in [2.24, 2.45) is 0 Å². The van der Waals surface area contributed by atoms with Gasteiger partial charge >= 0.3 is 0 Å². The Morgan fingerprint density at radius 1 is 1.14 bits per heavy atom. The lowest BCUT2D eigenvalue weighted by molar-refractivity contribution is 0.465. The van der Waals surface area contributed by atoms with E-state index in [-0.39, 0.29) is 17.1 Å². The van der Waals surface area contributed by atoms with E-state index in [9.17, 15) is 12.8 Å². The fourth-order valence-corrected chi connectivity index (χ4v) is 3.16. The van der Waals surface area contributed by atoms with Gasteiger partial charge in [0, 0.05) is 19.3 Å². The van der Waals surface area contributed by atoms with Crippen molar-refractivity contribution in [1.29, 1.82) is 0 Å². The van der Waals surface area contributed by atoms with Gasteiger partial charge in [0.1, 0.15) is 10.7 Å². The number of hydrogen-bond donors (Lipinski definition) is 1. The van der Waals surface area contributed by atoms with E-state index in [1.165, 1.54) is 19.2 Å². The first-order chi connectivity index (χ1) is 9.91. The van der Waals surface area contributed by atoms with E-state index in [0.717, 1.165) is 15.9 Å². The van der Waals surface area contributed by atoms with Crippen molar-refractivity contribution in [2.75, 3.05) is 19.3 Å². The molecule has 0 fully saturated rings. The molecule has 0 aliphatic carbocycles. The summed E-state index contributed by atoms with van der Waals surface area (Å²) in [5.74, 6) is -0.832. The van der Waals surface area contributed by atoms with E-state index in [1.807, 2.05) is 30.3 Å². The molecular formula is C15H17FN2O2S. The molecule has 2 rings (SSSR count). The molecule has 0 heterocycles.